The Kier molecular flexibility index (Phi) is 4.98. The highest BCUT2D eigenvalue weighted by Crippen LogP contribution is 2.33. The Hall–Kier alpha value is 0.150. The number of hydrogen-bond acceptors (Lipinski definition) is 2. The van der Waals surface area contributed by atoms with Gasteiger partial charge in [-0.3, -0.25) is 4.57 Å². The summed E-state index contributed by atoms with van der Waals surface area (Å²) < 4.78 is 15.4. The summed E-state index contributed by atoms with van der Waals surface area (Å²) in [7, 11) is -2.78. The third-order valence-corrected chi connectivity index (χ3v) is 2.84. The third kappa shape index (κ3) is 3.37. The van der Waals surface area contributed by atoms with Crippen molar-refractivity contribution < 1.29 is 14.0 Å². The summed E-state index contributed by atoms with van der Waals surface area (Å²) in [6.07, 6.45) is 2.37. The molecule has 11 heavy (non-hydrogen) atoms. The van der Waals surface area contributed by atoms with E-state index >= 15 is 0 Å². The molecule has 0 amide bonds. The van der Waals surface area contributed by atoms with E-state index in [1.807, 2.05) is 20.8 Å². The topological polar surface area (TPSA) is 46.5 Å². The SMILES string of the molecule is CCC(CC)(CC)O[PH](=O)O. The van der Waals surface area contributed by atoms with E-state index in [1.54, 1.807) is 0 Å². The number of hydrogen-bond donors (Lipinski definition) is 1. The highest BCUT2D eigenvalue weighted by Gasteiger charge is 2.26. The predicted octanol–water partition coefficient (Wildman–Crippen LogP) is 2.35. The largest absolute Gasteiger partial charge is 0.326 e. The van der Waals surface area contributed by atoms with E-state index in [-0.39, 0.29) is 5.60 Å². The molecular weight excluding hydrogens is 163 g/mol. The van der Waals surface area contributed by atoms with Gasteiger partial charge >= 0.3 is 8.25 Å². The molecule has 0 spiro atoms. The van der Waals surface area contributed by atoms with E-state index in [9.17, 15) is 4.57 Å². The van der Waals surface area contributed by atoms with Crippen LogP contribution < -0.4 is 0 Å². The highest BCUT2D eigenvalue weighted by atomic mass is 31.1. The van der Waals surface area contributed by atoms with Gasteiger partial charge in [-0.05, 0) is 19.3 Å². The lowest BCUT2D eigenvalue weighted by Crippen LogP contribution is -2.27. The normalized spacial score (nSPS) is 14.9. The fourth-order valence-electron chi connectivity index (χ4n) is 1.15. The minimum absolute atomic E-state index is 0.370. The van der Waals surface area contributed by atoms with Crippen LogP contribution in [-0.4, -0.2) is 10.5 Å². The van der Waals surface area contributed by atoms with Crippen LogP contribution in [0.15, 0.2) is 0 Å². The minimum Gasteiger partial charge on any atom is -0.326 e. The summed E-state index contributed by atoms with van der Waals surface area (Å²) in [4.78, 5) is 8.61. The molecule has 0 aliphatic rings. The molecule has 0 saturated carbocycles. The standard InChI is InChI=1S/C7H17O3P/c1-4-7(5-2,6-3)10-11(8)9/h11H,4-6H2,1-3H3,(H,8,9). The van der Waals surface area contributed by atoms with Crippen molar-refractivity contribution >= 4 is 8.25 Å². The molecular formula is C7H17O3P. The first-order valence-electron chi connectivity index (χ1n) is 4.02. The first kappa shape index (κ1) is 11.2. The second kappa shape index (κ2) is 4.91. The van der Waals surface area contributed by atoms with Crippen LogP contribution in [0.1, 0.15) is 40.0 Å². The summed E-state index contributed by atoms with van der Waals surface area (Å²) in [6.45, 7) is 5.91. The smallest absolute Gasteiger partial charge is 0.317 e. The molecule has 0 radical (unpaired) electrons. The van der Waals surface area contributed by atoms with Gasteiger partial charge in [0, 0.05) is 0 Å². The van der Waals surface area contributed by atoms with Gasteiger partial charge in [0.15, 0.2) is 0 Å². The van der Waals surface area contributed by atoms with Crippen molar-refractivity contribution in [3.05, 3.63) is 0 Å². The highest BCUT2D eigenvalue weighted by molar-refractivity contribution is 7.32. The van der Waals surface area contributed by atoms with Crippen molar-refractivity contribution in [3.8, 4) is 0 Å². The molecule has 1 N–H and O–H groups in total. The van der Waals surface area contributed by atoms with Crippen molar-refractivity contribution in [2.24, 2.45) is 0 Å². The zero-order chi connectivity index (χ0) is 8.91. The molecule has 0 fully saturated rings. The van der Waals surface area contributed by atoms with Crippen molar-refractivity contribution in [2.75, 3.05) is 0 Å². The number of rotatable bonds is 5. The van der Waals surface area contributed by atoms with E-state index < -0.39 is 8.25 Å². The van der Waals surface area contributed by atoms with Crippen molar-refractivity contribution in [3.63, 3.8) is 0 Å². The molecule has 0 heterocycles. The van der Waals surface area contributed by atoms with E-state index in [0.717, 1.165) is 19.3 Å². The third-order valence-electron chi connectivity index (χ3n) is 2.24. The Morgan fingerprint density at radius 1 is 1.27 bits per heavy atom. The first-order chi connectivity index (χ1) is 5.10. The van der Waals surface area contributed by atoms with Gasteiger partial charge in [0.05, 0.1) is 5.60 Å². The Bertz CT molecular complexity index is 123. The lowest BCUT2D eigenvalue weighted by molar-refractivity contribution is 0.0527. The summed E-state index contributed by atoms with van der Waals surface area (Å²) in [6, 6.07) is 0. The quantitative estimate of drug-likeness (QED) is 0.660. The lowest BCUT2D eigenvalue weighted by atomic mass is 9.95. The average Bonchev–Trinajstić information content (AvgIpc) is 2.00. The molecule has 0 aliphatic heterocycles. The Morgan fingerprint density at radius 2 is 1.64 bits per heavy atom. The van der Waals surface area contributed by atoms with E-state index in [0.29, 0.717) is 0 Å². The molecule has 0 rings (SSSR count). The maximum atomic E-state index is 10.5. The zero-order valence-corrected chi connectivity index (χ0v) is 8.39. The molecule has 0 aromatic carbocycles. The summed E-state index contributed by atoms with van der Waals surface area (Å²) in [5.41, 5.74) is -0.370. The van der Waals surface area contributed by atoms with Gasteiger partial charge in [-0.15, -0.1) is 0 Å². The molecule has 0 saturated heterocycles. The van der Waals surface area contributed by atoms with Gasteiger partial charge in [0.2, 0.25) is 0 Å². The molecule has 0 aromatic rings. The van der Waals surface area contributed by atoms with Crippen molar-refractivity contribution in [2.45, 2.75) is 45.6 Å². The van der Waals surface area contributed by atoms with E-state index in [2.05, 4.69) is 0 Å². The van der Waals surface area contributed by atoms with Gasteiger partial charge in [-0.1, -0.05) is 20.8 Å². The molecule has 1 atom stereocenters. The molecule has 3 nitrogen and oxygen atoms in total. The zero-order valence-electron chi connectivity index (χ0n) is 7.39. The molecule has 0 bridgehead atoms. The molecule has 68 valence electrons. The first-order valence-corrected chi connectivity index (χ1v) is 5.28. The van der Waals surface area contributed by atoms with E-state index in [4.69, 9.17) is 9.42 Å². The average molecular weight is 180 g/mol. The van der Waals surface area contributed by atoms with Crippen molar-refractivity contribution in [1.29, 1.82) is 0 Å². The molecule has 1 unspecified atom stereocenters. The summed E-state index contributed by atoms with van der Waals surface area (Å²) >= 11 is 0. The van der Waals surface area contributed by atoms with Crippen LogP contribution >= 0.6 is 8.25 Å². The van der Waals surface area contributed by atoms with Crippen LogP contribution in [0.5, 0.6) is 0 Å². The monoisotopic (exact) mass is 180 g/mol. The Balaban J connectivity index is 4.16. The predicted molar refractivity (Wildman–Crippen MR) is 45.9 cm³/mol. The van der Waals surface area contributed by atoms with Gasteiger partial charge in [0.1, 0.15) is 0 Å². The summed E-state index contributed by atoms with van der Waals surface area (Å²) in [5.74, 6) is 0. The van der Waals surface area contributed by atoms with Crippen LogP contribution in [0.4, 0.5) is 0 Å². The minimum atomic E-state index is -2.78. The fraction of sp³-hybridized carbons (Fsp3) is 1.00. The molecule has 4 heteroatoms. The van der Waals surface area contributed by atoms with Crippen LogP contribution in [0.25, 0.3) is 0 Å². The van der Waals surface area contributed by atoms with Crippen LogP contribution in [0, 0.1) is 0 Å². The fourth-order valence-corrected chi connectivity index (χ4v) is 1.96. The van der Waals surface area contributed by atoms with Gasteiger partial charge in [0.25, 0.3) is 0 Å². The van der Waals surface area contributed by atoms with E-state index in [1.165, 1.54) is 0 Å². The Labute approximate surface area is 68.7 Å². The second-order valence-electron chi connectivity index (χ2n) is 2.61. The van der Waals surface area contributed by atoms with Crippen molar-refractivity contribution in [1.82, 2.24) is 0 Å². The second-order valence-corrected chi connectivity index (χ2v) is 3.35. The van der Waals surface area contributed by atoms with Gasteiger partial charge in [-0.2, -0.15) is 0 Å². The van der Waals surface area contributed by atoms with Gasteiger partial charge < -0.3 is 9.42 Å². The van der Waals surface area contributed by atoms with Gasteiger partial charge in [-0.25, -0.2) is 0 Å². The Morgan fingerprint density at radius 3 is 1.73 bits per heavy atom. The maximum Gasteiger partial charge on any atom is 0.317 e. The maximum absolute atomic E-state index is 10.5. The molecule has 0 aromatic heterocycles. The summed E-state index contributed by atoms with van der Waals surface area (Å²) in [5, 5.41) is 0. The lowest BCUT2D eigenvalue weighted by Gasteiger charge is -2.28. The van der Waals surface area contributed by atoms with Crippen LogP contribution in [-0.2, 0) is 9.09 Å². The van der Waals surface area contributed by atoms with Crippen LogP contribution in [0.2, 0.25) is 0 Å². The van der Waals surface area contributed by atoms with Crippen LogP contribution in [0.3, 0.4) is 0 Å². The molecule has 0 aliphatic carbocycles.